The van der Waals surface area contributed by atoms with Crippen molar-refractivity contribution in [2.75, 3.05) is 13.7 Å². The largest absolute Gasteiger partial charge is 0.379 e. The Morgan fingerprint density at radius 1 is 1.16 bits per heavy atom. The molecule has 0 heterocycles. The zero-order valence-electron chi connectivity index (χ0n) is 9.81. The third-order valence-electron chi connectivity index (χ3n) is 2.26. The lowest BCUT2D eigenvalue weighted by molar-refractivity contribution is -0.120. The topological polar surface area (TPSA) is 35.5 Å². The van der Waals surface area contributed by atoms with E-state index in [1.807, 2.05) is 30.3 Å². The van der Waals surface area contributed by atoms with Crippen LogP contribution in [0.25, 0.3) is 0 Å². The first-order chi connectivity index (χ1) is 7.72. The van der Waals surface area contributed by atoms with Crippen LogP contribution in [0.1, 0.15) is 41.2 Å². The van der Waals surface area contributed by atoms with Gasteiger partial charge in [-0.05, 0) is 12.5 Å². The maximum absolute atomic E-state index is 10.9. The summed E-state index contributed by atoms with van der Waals surface area (Å²) in [6, 6.07) is 9.93. The Labute approximate surface area is 118 Å². The van der Waals surface area contributed by atoms with E-state index in [0.717, 1.165) is 5.56 Å². The summed E-state index contributed by atoms with van der Waals surface area (Å²) in [5, 5.41) is 0. The average Bonchev–Trinajstić information content (AvgIpc) is 2.28. The Morgan fingerprint density at radius 3 is 2.21 bits per heavy atom. The minimum Gasteiger partial charge on any atom is -0.379 e. The van der Waals surface area contributed by atoms with Crippen LogP contribution in [-0.2, 0) is 20.9 Å². The second-order valence-electron chi connectivity index (χ2n) is 3.76. The molecule has 3 nitrogen and oxygen atoms in total. The van der Waals surface area contributed by atoms with Gasteiger partial charge in [0.2, 0.25) is 0 Å². The predicted molar refractivity (Wildman–Crippen MR) is 82.4 cm³/mol. The molecule has 112 valence electrons. The fourth-order valence-corrected chi connectivity index (χ4v) is 1.41. The van der Waals surface area contributed by atoms with Crippen LogP contribution < -0.4 is 0 Å². The summed E-state index contributed by atoms with van der Waals surface area (Å²) < 4.78 is 10.6. The van der Waals surface area contributed by atoms with Crippen LogP contribution in [0.3, 0.4) is 0 Å². The van der Waals surface area contributed by atoms with Gasteiger partial charge in [0.25, 0.3) is 0 Å². The van der Waals surface area contributed by atoms with E-state index in [0.29, 0.717) is 19.6 Å². The van der Waals surface area contributed by atoms with Gasteiger partial charge in [0, 0.05) is 13.5 Å². The van der Waals surface area contributed by atoms with Crippen LogP contribution in [0.15, 0.2) is 30.3 Å². The highest BCUT2D eigenvalue weighted by molar-refractivity contribution is 5.75. The fourth-order valence-electron chi connectivity index (χ4n) is 1.41. The van der Waals surface area contributed by atoms with Crippen LogP contribution >= 0.6 is 0 Å². The van der Waals surface area contributed by atoms with Crippen molar-refractivity contribution >= 4 is 5.78 Å². The maximum atomic E-state index is 10.9. The molecule has 1 atom stereocenters. The van der Waals surface area contributed by atoms with Gasteiger partial charge in [-0.1, -0.05) is 52.6 Å². The van der Waals surface area contributed by atoms with E-state index in [2.05, 4.69) is 0 Å². The molecule has 1 aromatic carbocycles. The zero-order chi connectivity index (χ0) is 11.8. The maximum Gasteiger partial charge on any atom is 0.132 e. The summed E-state index contributed by atoms with van der Waals surface area (Å²) in [6.45, 7) is 2.56. The summed E-state index contributed by atoms with van der Waals surface area (Å²) in [6.07, 6.45) is 0.270. The Balaban J connectivity index is -0.000000853. The first-order valence-electron chi connectivity index (χ1n) is 5.36. The molecule has 0 fully saturated rings. The molecule has 0 N–H and O–H groups in total. The molecule has 1 unspecified atom stereocenters. The predicted octanol–water partition coefficient (Wildman–Crippen LogP) is 4.11. The van der Waals surface area contributed by atoms with Gasteiger partial charge in [0.15, 0.2) is 0 Å². The molecule has 0 radical (unpaired) electrons. The number of carbonyl (C=O) groups is 1. The van der Waals surface area contributed by atoms with Crippen LogP contribution in [0.5, 0.6) is 0 Å². The minimum atomic E-state index is -0.138. The second kappa shape index (κ2) is 13.2. The lowest BCUT2D eigenvalue weighted by Crippen LogP contribution is -2.21. The summed E-state index contributed by atoms with van der Waals surface area (Å²) in [7, 11) is 1.60. The molecule has 0 saturated heterocycles. The third-order valence-corrected chi connectivity index (χ3v) is 2.26. The molecule has 0 amide bonds. The van der Waals surface area contributed by atoms with Gasteiger partial charge in [-0.15, -0.1) is 0 Å². The van der Waals surface area contributed by atoms with E-state index < -0.39 is 0 Å². The molecule has 0 aliphatic rings. The van der Waals surface area contributed by atoms with Crippen molar-refractivity contribution in [1.29, 1.82) is 0 Å². The van der Waals surface area contributed by atoms with E-state index in [1.54, 1.807) is 14.0 Å². The molecule has 1 aromatic rings. The number of carbonyl (C=O) groups excluding carboxylic acids is 1. The van der Waals surface area contributed by atoms with Crippen LogP contribution in [0.4, 0.5) is 0 Å². The standard InChI is InChI=1S/C13H18O3.3CH4/c1-11(14)8-13(15-2)10-16-9-12-6-4-3-5-7-12;;;/h3-7,13H,8-10H2,1-2H3;3*1H4. The number of benzene rings is 1. The highest BCUT2D eigenvalue weighted by Crippen LogP contribution is 2.04. The van der Waals surface area contributed by atoms with Gasteiger partial charge in [-0.25, -0.2) is 0 Å². The molecule has 0 aliphatic carbocycles. The van der Waals surface area contributed by atoms with Gasteiger partial charge in [0.05, 0.1) is 19.3 Å². The Hall–Kier alpha value is -1.19. The van der Waals surface area contributed by atoms with Gasteiger partial charge < -0.3 is 9.47 Å². The molecule has 0 aliphatic heterocycles. The summed E-state index contributed by atoms with van der Waals surface area (Å²) >= 11 is 0. The normalized spacial score (nSPS) is 10.4. The lowest BCUT2D eigenvalue weighted by Gasteiger charge is -2.13. The zero-order valence-corrected chi connectivity index (χ0v) is 9.81. The smallest absolute Gasteiger partial charge is 0.132 e. The van der Waals surface area contributed by atoms with Crippen molar-refractivity contribution in [3.8, 4) is 0 Å². The number of hydrogen-bond acceptors (Lipinski definition) is 3. The van der Waals surface area contributed by atoms with Crippen molar-refractivity contribution < 1.29 is 14.3 Å². The number of hydrogen-bond donors (Lipinski definition) is 0. The minimum absolute atomic E-state index is 0. The summed E-state index contributed by atoms with van der Waals surface area (Å²) in [5.41, 5.74) is 1.13. The molecule has 0 spiro atoms. The van der Waals surface area contributed by atoms with Gasteiger partial charge in [0.1, 0.15) is 5.78 Å². The molecule has 3 heteroatoms. The van der Waals surface area contributed by atoms with E-state index in [4.69, 9.17) is 9.47 Å². The van der Waals surface area contributed by atoms with E-state index >= 15 is 0 Å². The van der Waals surface area contributed by atoms with Gasteiger partial charge in [-0.2, -0.15) is 0 Å². The Kier molecular flexibility index (Phi) is 16.0. The van der Waals surface area contributed by atoms with Crippen molar-refractivity contribution in [2.24, 2.45) is 0 Å². The molecule has 1 rings (SSSR count). The average molecular weight is 270 g/mol. The number of rotatable bonds is 7. The molecular weight excluding hydrogens is 240 g/mol. The van der Waals surface area contributed by atoms with Crippen LogP contribution in [0.2, 0.25) is 0 Å². The SMILES string of the molecule is C.C.C.COC(COCc1ccccc1)CC(C)=O. The number of Topliss-reactive ketones (excluding diaryl/α,β-unsaturated/α-hetero) is 1. The number of methoxy groups -OCH3 is 1. The van der Waals surface area contributed by atoms with Crippen molar-refractivity contribution in [3.05, 3.63) is 35.9 Å². The second-order valence-corrected chi connectivity index (χ2v) is 3.76. The first-order valence-corrected chi connectivity index (χ1v) is 5.36. The van der Waals surface area contributed by atoms with Gasteiger partial charge in [-0.3, -0.25) is 4.79 Å². The van der Waals surface area contributed by atoms with E-state index in [-0.39, 0.29) is 34.2 Å². The number of ketones is 1. The molecule has 0 aromatic heterocycles. The van der Waals surface area contributed by atoms with Crippen LogP contribution in [-0.4, -0.2) is 25.6 Å². The first kappa shape index (κ1) is 22.9. The Bertz CT molecular complexity index is 309. The quantitative estimate of drug-likeness (QED) is 0.748. The van der Waals surface area contributed by atoms with Crippen molar-refractivity contribution in [3.63, 3.8) is 0 Å². The monoisotopic (exact) mass is 270 g/mol. The summed E-state index contributed by atoms with van der Waals surface area (Å²) in [4.78, 5) is 10.9. The number of ether oxygens (including phenoxy) is 2. The van der Waals surface area contributed by atoms with E-state index in [1.165, 1.54) is 0 Å². The molecule has 0 bridgehead atoms. The van der Waals surface area contributed by atoms with E-state index in [9.17, 15) is 4.79 Å². The van der Waals surface area contributed by atoms with Crippen LogP contribution in [0, 0.1) is 0 Å². The summed E-state index contributed by atoms with van der Waals surface area (Å²) in [5.74, 6) is 0.121. The molecule has 0 saturated carbocycles. The van der Waals surface area contributed by atoms with Crippen molar-refractivity contribution in [2.45, 2.75) is 48.3 Å². The highest BCUT2D eigenvalue weighted by atomic mass is 16.5. The molecule has 19 heavy (non-hydrogen) atoms. The third kappa shape index (κ3) is 10.4. The fraction of sp³-hybridized carbons (Fsp3) is 0.562. The molecular formula is C16H30O3. The lowest BCUT2D eigenvalue weighted by atomic mass is 10.2. The Morgan fingerprint density at radius 2 is 1.74 bits per heavy atom. The van der Waals surface area contributed by atoms with Crippen molar-refractivity contribution in [1.82, 2.24) is 0 Å². The van der Waals surface area contributed by atoms with Gasteiger partial charge >= 0.3 is 0 Å². The highest BCUT2D eigenvalue weighted by Gasteiger charge is 2.10.